The highest BCUT2D eigenvalue weighted by atomic mass is 16.5. The lowest BCUT2D eigenvalue weighted by atomic mass is 9.97. The molecule has 0 unspecified atom stereocenters. The summed E-state index contributed by atoms with van der Waals surface area (Å²) in [7, 11) is 0. The van der Waals surface area contributed by atoms with E-state index < -0.39 is 11.8 Å². The second-order valence-electron chi connectivity index (χ2n) is 7.92. The molecule has 34 heavy (non-hydrogen) atoms. The van der Waals surface area contributed by atoms with Crippen LogP contribution in [0.2, 0.25) is 0 Å². The number of hydrogen-bond acceptors (Lipinski definition) is 6. The topological polar surface area (TPSA) is 82.1 Å². The predicted octanol–water partition coefficient (Wildman–Crippen LogP) is 4.85. The number of amides is 2. The molecule has 1 aliphatic rings. The molecule has 1 heterocycles. The molecule has 0 spiro atoms. The van der Waals surface area contributed by atoms with E-state index in [0.717, 1.165) is 26.8 Å². The van der Waals surface area contributed by atoms with Gasteiger partial charge in [0.2, 0.25) is 0 Å². The summed E-state index contributed by atoms with van der Waals surface area (Å²) in [5, 5.41) is 1.46. The molecule has 0 aromatic heterocycles. The molecule has 3 aromatic rings. The van der Waals surface area contributed by atoms with E-state index in [2.05, 4.69) is 0 Å². The molecule has 0 radical (unpaired) electrons. The van der Waals surface area contributed by atoms with E-state index in [9.17, 15) is 14.4 Å². The molecule has 3 aromatic carbocycles. The van der Waals surface area contributed by atoms with Gasteiger partial charge in [-0.1, -0.05) is 29.8 Å². The maximum atomic E-state index is 13.6. The quantitative estimate of drug-likeness (QED) is 0.352. The second kappa shape index (κ2) is 9.55. The van der Waals surface area contributed by atoms with Crippen LogP contribution in [-0.4, -0.2) is 37.6 Å². The SMILES string of the molecule is CCOC(=O)Cc1ccc(N2C(=O)c3c(c(OCC)c4cc(C)ccc4c3OCC)C2=O)cc1. The van der Waals surface area contributed by atoms with E-state index in [4.69, 9.17) is 14.2 Å². The van der Waals surface area contributed by atoms with Crippen molar-refractivity contribution in [3.63, 3.8) is 0 Å². The van der Waals surface area contributed by atoms with Crippen LogP contribution in [0, 0.1) is 6.92 Å². The first-order chi connectivity index (χ1) is 16.4. The first kappa shape index (κ1) is 23.3. The normalized spacial score (nSPS) is 12.8. The lowest BCUT2D eigenvalue weighted by Crippen LogP contribution is -2.29. The van der Waals surface area contributed by atoms with Gasteiger partial charge in [-0.05, 0) is 51.5 Å². The minimum Gasteiger partial charge on any atom is -0.492 e. The molecule has 0 N–H and O–H groups in total. The Morgan fingerprint density at radius 2 is 1.38 bits per heavy atom. The number of rotatable bonds is 8. The van der Waals surface area contributed by atoms with Gasteiger partial charge >= 0.3 is 5.97 Å². The van der Waals surface area contributed by atoms with Gasteiger partial charge in [-0.25, -0.2) is 4.90 Å². The smallest absolute Gasteiger partial charge is 0.310 e. The van der Waals surface area contributed by atoms with Crippen molar-refractivity contribution in [2.75, 3.05) is 24.7 Å². The number of hydrogen-bond donors (Lipinski definition) is 0. The van der Waals surface area contributed by atoms with E-state index >= 15 is 0 Å². The fraction of sp³-hybridized carbons (Fsp3) is 0.296. The molecule has 0 aliphatic carbocycles. The lowest BCUT2D eigenvalue weighted by molar-refractivity contribution is -0.142. The van der Waals surface area contributed by atoms with Crippen LogP contribution in [0.15, 0.2) is 42.5 Å². The Balaban J connectivity index is 1.83. The largest absolute Gasteiger partial charge is 0.492 e. The Labute approximate surface area is 198 Å². The van der Waals surface area contributed by atoms with Gasteiger partial charge in [0.25, 0.3) is 11.8 Å². The molecule has 0 saturated carbocycles. The van der Waals surface area contributed by atoms with Crippen LogP contribution in [-0.2, 0) is 16.0 Å². The average Bonchev–Trinajstić information content (AvgIpc) is 3.07. The number of anilines is 1. The average molecular weight is 462 g/mol. The van der Waals surface area contributed by atoms with Gasteiger partial charge in [0, 0.05) is 10.8 Å². The number of ether oxygens (including phenoxy) is 3. The van der Waals surface area contributed by atoms with Gasteiger partial charge < -0.3 is 14.2 Å². The number of benzene rings is 3. The second-order valence-corrected chi connectivity index (χ2v) is 7.92. The van der Waals surface area contributed by atoms with Crippen molar-refractivity contribution in [3.8, 4) is 11.5 Å². The third kappa shape index (κ3) is 3.98. The molecule has 0 atom stereocenters. The van der Waals surface area contributed by atoms with Crippen LogP contribution in [0.4, 0.5) is 5.69 Å². The Hall–Kier alpha value is -3.87. The summed E-state index contributed by atoms with van der Waals surface area (Å²) in [5.74, 6) is -0.494. The van der Waals surface area contributed by atoms with Crippen LogP contribution < -0.4 is 14.4 Å². The predicted molar refractivity (Wildman–Crippen MR) is 129 cm³/mol. The Morgan fingerprint density at radius 3 is 1.94 bits per heavy atom. The van der Waals surface area contributed by atoms with E-state index in [1.54, 1.807) is 31.2 Å². The van der Waals surface area contributed by atoms with Crippen molar-refractivity contribution in [2.45, 2.75) is 34.1 Å². The molecule has 176 valence electrons. The number of carbonyl (C=O) groups excluding carboxylic acids is 3. The van der Waals surface area contributed by atoms with Crippen molar-refractivity contribution >= 4 is 34.2 Å². The summed E-state index contributed by atoms with van der Waals surface area (Å²) in [4.78, 5) is 40.2. The molecular formula is C27H27NO6. The summed E-state index contributed by atoms with van der Waals surface area (Å²) < 4.78 is 16.8. The van der Waals surface area contributed by atoms with Crippen molar-refractivity contribution in [1.29, 1.82) is 0 Å². The minimum absolute atomic E-state index is 0.115. The summed E-state index contributed by atoms with van der Waals surface area (Å²) in [6.45, 7) is 8.38. The third-order valence-corrected chi connectivity index (χ3v) is 5.63. The van der Waals surface area contributed by atoms with E-state index in [0.29, 0.717) is 37.0 Å². The fourth-order valence-corrected chi connectivity index (χ4v) is 4.23. The lowest BCUT2D eigenvalue weighted by Gasteiger charge is -2.16. The number of nitrogens with zero attached hydrogens (tertiary/aromatic N) is 1. The van der Waals surface area contributed by atoms with Crippen molar-refractivity contribution < 1.29 is 28.6 Å². The highest BCUT2D eigenvalue weighted by Gasteiger charge is 2.43. The number of esters is 1. The van der Waals surface area contributed by atoms with Crippen LogP contribution in [0.25, 0.3) is 10.8 Å². The van der Waals surface area contributed by atoms with E-state index in [1.807, 2.05) is 39.0 Å². The molecule has 4 rings (SSSR count). The number of carbonyl (C=O) groups is 3. The molecule has 7 nitrogen and oxygen atoms in total. The monoisotopic (exact) mass is 461 g/mol. The molecule has 2 amide bonds. The van der Waals surface area contributed by atoms with Crippen LogP contribution >= 0.6 is 0 Å². The first-order valence-corrected chi connectivity index (χ1v) is 11.4. The molecule has 0 saturated heterocycles. The van der Waals surface area contributed by atoms with E-state index in [-0.39, 0.29) is 23.5 Å². The zero-order valence-corrected chi connectivity index (χ0v) is 19.8. The number of aryl methyl sites for hydroxylation is 1. The zero-order chi connectivity index (χ0) is 24.4. The maximum Gasteiger partial charge on any atom is 0.310 e. The van der Waals surface area contributed by atoms with Gasteiger partial charge in [0.05, 0.1) is 43.1 Å². The Kier molecular flexibility index (Phi) is 6.54. The van der Waals surface area contributed by atoms with Crippen molar-refractivity contribution in [1.82, 2.24) is 0 Å². The molecule has 0 fully saturated rings. The summed E-state index contributed by atoms with van der Waals surface area (Å²) in [6.07, 6.45) is 0.115. The van der Waals surface area contributed by atoms with Gasteiger partial charge in [0.15, 0.2) is 0 Å². The Bertz CT molecular complexity index is 1280. The summed E-state index contributed by atoms with van der Waals surface area (Å²) in [6, 6.07) is 12.5. The molecular weight excluding hydrogens is 434 g/mol. The fourth-order valence-electron chi connectivity index (χ4n) is 4.23. The molecule has 7 heteroatoms. The molecule has 1 aliphatic heterocycles. The third-order valence-electron chi connectivity index (χ3n) is 5.63. The van der Waals surface area contributed by atoms with Crippen LogP contribution in [0.5, 0.6) is 11.5 Å². The standard InChI is InChI=1S/C27H27NO6/c1-5-32-21(29)15-17-9-11-18(12-10-17)28-26(30)22-23(27(28)31)25(34-7-3)20-14-16(4)8-13-19(20)24(22)33-6-2/h8-14H,5-7,15H2,1-4H3. The maximum absolute atomic E-state index is 13.6. The van der Waals surface area contributed by atoms with Gasteiger partial charge in [-0.15, -0.1) is 0 Å². The summed E-state index contributed by atoms with van der Waals surface area (Å²) in [5.41, 5.74) is 2.56. The zero-order valence-electron chi connectivity index (χ0n) is 19.8. The summed E-state index contributed by atoms with van der Waals surface area (Å²) >= 11 is 0. The van der Waals surface area contributed by atoms with Crippen molar-refractivity contribution in [2.24, 2.45) is 0 Å². The molecule has 0 bridgehead atoms. The highest BCUT2D eigenvalue weighted by Crippen LogP contribution is 2.46. The first-order valence-electron chi connectivity index (χ1n) is 11.4. The number of imide groups is 1. The number of fused-ring (bicyclic) bond motifs is 2. The highest BCUT2D eigenvalue weighted by molar-refractivity contribution is 6.38. The van der Waals surface area contributed by atoms with Crippen molar-refractivity contribution in [3.05, 3.63) is 64.7 Å². The minimum atomic E-state index is -0.468. The van der Waals surface area contributed by atoms with E-state index in [1.165, 1.54) is 0 Å². The van der Waals surface area contributed by atoms with Gasteiger partial charge in [-0.3, -0.25) is 14.4 Å². The Morgan fingerprint density at radius 1 is 0.794 bits per heavy atom. The van der Waals surface area contributed by atoms with Crippen LogP contribution in [0.3, 0.4) is 0 Å². The van der Waals surface area contributed by atoms with Gasteiger partial charge in [-0.2, -0.15) is 0 Å². The van der Waals surface area contributed by atoms with Gasteiger partial charge in [0.1, 0.15) is 11.5 Å². The van der Waals surface area contributed by atoms with Crippen LogP contribution in [0.1, 0.15) is 52.6 Å².